The molecule has 0 amide bonds. The summed E-state index contributed by atoms with van der Waals surface area (Å²) in [6, 6.07) is 20.1. The zero-order valence-corrected chi connectivity index (χ0v) is 21.7. The molecule has 0 saturated heterocycles. The van der Waals surface area contributed by atoms with Gasteiger partial charge in [-0.05, 0) is 66.8 Å². The topological polar surface area (TPSA) is 81.5 Å². The second-order valence-corrected chi connectivity index (χ2v) is 11.2. The summed E-state index contributed by atoms with van der Waals surface area (Å²) in [5.74, 6) is -0.316. The number of nitro benzene ring substituents is 1. The van der Waals surface area contributed by atoms with Crippen LogP contribution in [0.2, 0.25) is 5.02 Å². The van der Waals surface area contributed by atoms with Crippen molar-refractivity contribution in [3.8, 4) is 0 Å². The van der Waals surface area contributed by atoms with Crippen molar-refractivity contribution >= 4 is 52.3 Å². The van der Waals surface area contributed by atoms with E-state index in [9.17, 15) is 14.9 Å². The zero-order valence-electron chi connectivity index (χ0n) is 19.4. The normalized spacial score (nSPS) is 24.4. The number of thioether (sulfide) groups is 1. The second-order valence-electron chi connectivity index (χ2n) is 8.95. The highest BCUT2D eigenvalue weighted by Crippen LogP contribution is 2.58. The minimum Gasteiger partial charge on any atom is -0.462 e. The predicted octanol–water partition coefficient (Wildman–Crippen LogP) is 7.46. The van der Waals surface area contributed by atoms with E-state index in [0.717, 1.165) is 23.2 Å². The first kappa shape index (κ1) is 24.9. The maximum atomic E-state index is 12.5. The number of para-hydroxylation sites is 1. The van der Waals surface area contributed by atoms with Crippen LogP contribution in [0, 0.1) is 16.0 Å². The molecule has 186 valence electrons. The Bertz CT molecular complexity index is 1300. The lowest BCUT2D eigenvalue weighted by molar-refractivity contribution is -0.387. The van der Waals surface area contributed by atoms with Crippen molar-refractivity contribution in [1.82, 2.24) is 0 Å². The van der Waals surface area contributed by atoms with Crippen molar-refractivity contribution in [3.63, 3.8) is 0 Å². The molecule has 1 N–H and O–H groups in total. The summed E-state index contributed by atoms with van der Waals surface area (Å²) < 4.78 is 5.22. The van der Waals surface area contributed by atoms with Crippen LogP contribution in [0.3, 0.4) is 0 Å². The molecular weight excluding hydrogens is 519 g/mol. The van der Waals surface area contributed by atoms with Gasteiger partial charge in [-0.15, -0.1) is 23.4 Å². The Morgan fingerprint density at radius 2 is 1.92 bits per heavy atom. The molecular formula is C27H24Cl2N2O4S. The average Bonchev–Trinajstić information content (AvgIpc) is 3.20. The van der Waals surface area contributed by atoms with Gasteiger partial charge in [-0.25, -0.2) is 4.79 Å². The first-order chi connectivity index (χ1) is 17.4. The van der Waals surface area contributed by atoms with Crippen molar-refractivity contribution in [1.29, 1.82) is 0 Å². The van der Waals surface area contributed by atoms with Gasteiger partial charge in [0, 0.05) is 27.9 Å². The summed E-state index contributed by atoms with van der Waals surface area (Å²) in [6.07, 6.45) is 0.749. The van der Waals surface area contributed by atoms with Gasteiger partial charge in [-0.3, -0.25) is 10.1 Å². The van der Waals surface area contributed by atoms with Gasteiger partial charge in [-0.2, -0.15) is 0 Å². The second kappa shape index (κ2) is 10.3. The third-order valence-electron chi connectivity index (χ3n) is 6.89. The van der Waals surface area contributed by atoms with E-state index in [1.165, 1.54) is 17.8 Å². The Hall–Kier alpha value is -2.74. The Kier molecular flexibility index (Phi) is 7.15. The zero-order chi connectivity index (χ0) is 25.4. The molecule has 3 aromatic rings. The molecule has 3 aromatic carbocycles. The molecule has 5 atom stereocenters. The molecule has 5 rings (SSSR count). The molecule has 0 aromatic heterocycles. The summed E-state index contributed by atoms with van der Waals surface area (Å²) in [5.41, 5.74) is 3.56. The molecule has 1 aliphatic carbocycles. The largest absolute Gasteiger partial charge is 0.462 e. The third-order valence-corrected chi connectivity index (χ3v) is 9.26. The number of hydrogen-bond donors (Lipinski definition) is 1. The lowest BCUT2D eigenvalue weighted by Gasteiger charge is -2.38. The minimum absolute atomic E-state index is 0.0224. The molecule has 1 fully saturated rings. The summed E-state index contributed by atoms with van der Waals surface area (Å²) in [6.45, 7) is 2.08. The third kappa shape index (κ3) is 4.67. The number of hydrogen-bond acceptors (Lipinski definition) is 6. The Labute approximate surface area is 223 Å². The van der Waals surface area contributed by atoms with Crippen molar-refractivity contribution < 1.29 is 14.5 Å². The highest BCUT2D eigenvalue weighted by molar-refractivity contribution is 8.00. The van der Waals surface area contributed by atoms with Crippen LogP contribution in [-0.4, -0.2) is 28.1 Å². The molecule has 0 unspecified atom stereocenters. The number of nitrogens with one attached hydrogen (secondary N) is 1. The van der Waals surface area contributed by atoms with Crippen molar-refractivity contribution in [3.05, 3.63) is 98.6 Å². The predicted molar refractivity (Wildman–Crippen MR) is 143 cm³/mol. The van der Waals surface area contributed by atoms with Gasteiger partial charge in [0.1, 0.15) is 0 Å². The maximum absolute atomic E-state index is 12.5. The Morgan fingerprint density at radius 3 is 2.64 bits per heavy atom. The number of nitrogens with zero attached hydrogens (tertiary/aromatic N) is 1. The Balaban J connectivity index is 1.54. The van der Waals surface area contributed by atoms with Gasteiger partial charge in [-0.1, -0.05) is 35.9 Å². The van der Waals surface area contributed by atoms with Crippen molar-refractivity contribution in [2.45, 2.75) is 40.8 Å². The van der Waals surface area contributed by atoms with Gasteiger partial charge in [0.15, 0.2) is 0 Å². The number of alkyl halides is 1. The molecule has 0 spiro atoms. The van der Waals surface area contributed by atoms with E-state index in [4.69, 9.17) is 27.9 Å². The molecule has 0 bridgehead atoms. The van der Waals surface area contributed by atoms with Crippen LogP contribution in [0.1, 0.15) is 46.8 Å². The first-order valence-corrected chi connectivity index (χ1v) is 13.4. The number of fused-ring (bicyclic) bond motifs is 3. The smallest absolute Gasteiger partial charge is 0.338 e. The molecule has 1 heterocycles. The van der Waals surface area contributed by atoms with E-state index in [2.05, 4.69) is 5.32 Å². The minimum atomic E-state index is -0.369. The highest BCUT2D eigenvalue weighted by Gasteiger charge is 2.50. The molecule has 36 heavy (non-hydrogen) atoms. The van der Waals surface area contributed by atoms with Crippen LogP contribution >= 0.6 is 35.0 Å². The van der Waals surface area contributed by atoms with Crippen LogP contribution in [0.25, 0.3) is 0 Å². The fourth-order valence-electron chi connectivity index (χ4n) is 5.33. The number of nitro groups is 1. The summed E-state index contributed by atoms with van der Waals surface area (Å²) in [7, 11) is 0. The number of halogens is 2. The van der Waals surface area contributed by atoms with E-state index in [-0.39, 0.29) is 45.1 Å². The molecule has 0 radical (unpaired) electrons. The number of rotatable bonds is 6. The van der Waals surface area contributed by atoms with Crippen LogP contribution in [-0.2, 0) is 4.74 Å². The number of anilines is 1. The van der Waals surface area contributed by atoms with Crippen molar-refractivity contribution in [2.75, 3.05) is 11.9 Å². The lowest BCUT2D eigenvalue weighted by atomic mass is 9.77. The molecule has 2 aliphatic rings. The highest BCUT2D eigenvalue weighted by atomic mass is 35.5. The molecule has 6 nitrogen and oxygen atoms in total. The molecule has 9 heteroatoms. The summed E-state index contributed by atoms with van der Waals surface area (Å²) in [5, 5.41) is 15.6. The van der Waals surface area contributed by atoms with Gasteiger partial charge in [0.05, 0.1) is 33.4 Å². The van der Waals surface area contributed by atoms with Crippen LogP contribution in [0.5, 0.6) is 0 Å². The van der Waals surface area contributed by atoms with Gasteiger partial charge >= 0.3 is 5.97 Å². The van der Waals surface area contributed by atoms with Crippen LogP contribution < -0.4 is 5.32 Å². The van der Waals surface area contributed by atoms with Crippen LogP contribution in [0.15, 0.2) is 71.6 Å². The summed E-state index contributed by atoms with van der Waals surface area (Å²) >= 11 is 14.8. The lowest BCUT2D eigenvalue weighted by Crippen LogP contribution is -2.31. The van der Waals surface area contributed by atoms with Crippen molar-refractivity contribution in [2.24, 2.45) is 5.92 Å². The molecule has 1 saturated carbocycles. The molecule has 1 aliphatic heterocycles. The van der Waals surface area contributed by atoms with Gasteiger partial charge in [0.25, 0.3) is 5.69 Å². The quantitative estimate of drug-likeness (QED) is 0.150. The monoisotopic (exact) mass is 542 g/mol. The fourth-order valence-corrected chi connectivity index (χ4v) is 7.40. The Morgan fingerprint density at radius 1 is 1.17 bits per heavy atom. The average molecular weight is 543 g/mol. The number of benzene rings is 3. The van der Waals surface area contributed by atoms with Gasteiger partial charge in [0.2, 0.25) is 0 Å². The van der Waals surface area contributed by atoms with E-state index < -0.39 is 0 Å². The number of ether oxygens (including phenoxy) is 1. The first-order valence-electron chi connectivity index (χ1n) is 11.7. The number of carbonyl (C=O) groups excluding carboxylic acids is 1. The standard InChI is InChI=1S/C27H24Cl2N2O4S/c1-2-35-27(32)16-9-12-20-18(13-16)24-19(26(30-20)15-7-10-17(28)11-8-15)14-23(25(24)29)36-22-6-4-3-5-21(22)31(33)34/h3-13,19,23-26,30H,2,14H2,1H3/t19-,23+,24+,25+,26+/m1/s1. The van der Waals surface area contributed by atoms with E-state index in [1.807, 2.05) is 36.4 Å². The van der Waals surface area contributed by atoms with Crippen LogP contribution in [0.4, 0.5) is 11.4 Å². The number of esters is 1. The van der Waals surface area contributed by atoms with E-state index in [1.54, 1.807) is 31.2 Å². The van der Waals surface area contributed by atoms with E-state index >= 15 is 0 Å². The maximum Gasteiger partial charge on any atom is 0.338 e. The number of carbonyl (C=O) groups is 1. The summed E-state index contributed by atoms with van der Waals surface area (Å²) in [4.78, 5) is 24.3. The SMILES string of the molecule is CCOC(=O)c1ccc2c(c1)[C@@H]1[C@@H](Cl)[C@@H](Sc3ccccc3[N+](=O)[O-])C[C@H]1[C@H](c1ccc(Cl)cc1)N2. The van der Waals surface area contributed by atoms with Gasteiger partial charge < -0.3 is 10.1 Å². The van der Waals surface area contributed by atoms with E-state index in [0.29, 0.717) is 22.1 Å². The fraction of sp³-hybridized carbons (Fsp3) is 0.296.